The molecule has 4 rings (SSSR count). The third-order valence-corrected chi connectivity index (χ3v) is 5.12. The molecular weight excluding hydrogens is 449 g/mol. The van der Waals surface area contributed by atoms with Crippen LogP contribution in [0.4, 0.5) is 30.4 Å². The van der Waals surface area contributed by atoms with E-state index in [4.69, 9.17) is 4.74 Å². The van der Waals surface area contributed by atoms with Crippen LogP contribution >= 0.6 is 0 Å². The van der Waals surface area contributed by atoms with Gasteiger partial charge in [0.25, 0.3) is 0 Å². The summed E-state index contributed by atoms with van der Waals surface area (Å²) in [6, 6.07) is 14.5. The van der Waals surface area contributed by atoms with Gasteiger partial charge in [0.1, 0.15) is 18.0 Å². The summed E-state index contributed by atoms with van der Waals surface area (Å²) in [4.78, 5) is 35.8. The van der Waals surface area contributed by atoms with Gasteiger partial charge in [0, 0.05) is 11.9 Å². The summed E-state index contributed by atoms with van der Waals surface area (Å²) in [5.41, 5.74) is 1.00. The summed E-state index contributed by atoms with van der Waals surface area (Å²) < 4.78 is 43.4. The van der Waals surface area contributed by atoms with E-state index in [-0.39, 0.29) is 24.5 Å². The molecule has 0 aliphatic carbocycles. The highest BCUT2D eigenvalue weighted by Gasteiger charge is 2.30. The van der Waals surface area contributed by atoms with Gasteiger partial charge in [0.2, 0.25) is 11.8 Å². The second kappa shape index (κ2) is 9.34. The monoisotopic (exact) mass is 468 g/mol. The molecular formula is C24H19F3N4O3. The second-order valence-corrected chi connectivity index (χ2v) is 7.41. The molecule has 174 valence electrons. The first-order valence-corrected chi connectivity index (χ1v) is 10.2. The zero-order valence-corrected chi connectivity index (χ0v) is 18.0. The fourth-order valence-corrected chi connectivity index (χ4v) is 3.43. The van der Waals surface area contributed by atoms with Gasteiger partial charge in [-0.15, -0.1) is 0 Å². The molecule has 0 radical (unpaired) electrons. The van der Waals surface area contributed by atoms with Gasteiger partial charge < -0.3 is 10.1 Å². The SMILES string of the molecule is COc1ccc(C2=Nc3cccnc3N(CC(=O)Nc3ccc(C(F)(F)F)cc3)C(=O)C2)cc1. The number of nitrogens with one attached hydrogen (secondary N) is 1. The molecule has 3 aromatic rings. The Labute approximate surface area is 192 Å². The van der Waals surface area contributed by atoms with Crippen LogP contribution in [0.3, 0.4) is 0 Å². The van der Waals surface area contributed by atoms with Crippen molar-refractivity contribution in [2.45, 2.75) is 12.6 Å². The van der Waals surface area contributed by atoms with Crippen LogP contribution in [0.15, 0.2) is 71.9 Å². The standard InChI is InChI=1S/C24H19F3N4O3/c1-34-18-10-4-15(5-11-18)20-13-22(33)31(23-19(30-20)3-2-12-28-23)14-21(32)29-17-8-6-16(7-9-17)24(25,26)27/h2-12H,13-14H2,1H3,(H,29,32). The van der Waals surface area contributed by atoms with E-state index in [9.17, 15) is 22.8 Å². The van der Waals surface area contributed by atoms with Crippen LogP contribution in [0.25, 0.3) is 0 Å². The maximum atomic E-state index is 13.1. The summed E-state index contributed by atoms with van der Waals surface area (Å²) >= 11 is 0. The molecule has 0 atom stereocenters. The molecule has 34 heavy (non-hydrogen) atoms. The number of fused-ring (bicyclic) bond motifs is 1. The molecule has 1 aliphatic rings. The van der Waals surface area contributed by atoms with Gasteiger partial charge in [0.05, 0.1) is 24.8 Å². The van der Waals surface area contributed by atoms with Crippen molar-refractivity contribution in [1.29, 1.82) is 0 Å². The first-order chi connectivity index (χ1) is 16.2. The lowest BCUT2D eigenvalue weighted by molar-refractivity contribution is -0.137. The zero-order valence-electron chi connectivity index (χ0n) is 18.0. The fourth-order valence-electron chi connectivity index (χ4n) is 3.43. The first kappa shape index (κ1) is 23.0. The average Bonchev–Trinajstić information content (AvgIpc) is 2.95. The summed E-state index contributed by atoms with van der Waals surface area (Å²) in [6.07, 6.45) is -3.06. The molecule has 0 unspecified atom stereocenters. The maximum Gasteiger partial charge on any atom is 0.416 e. The van der Waals surface area contributed by atoms with Crippen LogP contribution in [0.2, 0.25) is 0 Å². The molecule has 1 aliphatic heterocycles. The summed E-state index contributed by atoms with van der Waals surface area (Å²) in [5, 5.41) is 2.52. The van der Waals surface area contributed by atoms with E-state index in [1.807, 2.05) is 0 Å². The molecule has 0 spiro atoms. The normalized spacial score (nSPS) is 13.6. The van der Waals surface area contributed by atoms with Gasteiger partial charge >= 0.3 is 6.18 Å². The van der Waals surface area contributed by atoms with Gasteiger partial charge in [-0.25, -0.2) is 9.98 Å². The molecule has 1 aromatic heterocycles. The van der Waals surface area contributed by atoms with Gasteiger partial charge in [-0.05, 0) is 66.2 Å². The first-order valence-electron chi connectivity index (χ1n) is 10.2. The number of alkyl halides is 3. The Hall–Kier alpha value is -4.21. The quantitative estimate of drug-likeness (QED) is 0.593. The Morgan fingerprint density at radius 2 is 1.79 bits per heavy atom. The number of carbonyl (C=O) groups is 2. The van der Waals surface area contributed by atoms with Crippen molar-refractivity contribution in [2.24, 2.45) is 4.99 Å². The maximum absolute atomic E-state index is 13.1. The fraction of sp³-hybridized carbons (Fsp3) is 0.167. The third kappa shape index (κ3) is 5.06. The number of anilines is 2. The predicted molar refractivity (Wildman–Crippen MR) is 120 cm³/mol. The van der Waals surface area contributed by atoms with Crippen LogP contribution < -0.4 is 15.0 Å². The van der Waals surface area contributed by atoms with Gasteiger partial charge in [-0.1, -0.05) is 0 Å². The van der Waals surface area contributed by atoms with E-state index in [0.29, 0.717) is 17.1 Å². The molecule has 2 amide bonds. The number of hydrogen-bond acceptors (Lipinski definition) is 5. The Morgan fingerprint density at radius 1 is 1.09 bits per heavy atom. The molecule has 0 bridgehead atoms. The van der Waals surface area contributed by atoms with Gasteiger partial charge in [-0.2, -0.15) is 13.2 Å². The number of methoxy groups -OCH3 is 1. The summed E-state index contributed by atoms with van der Waals surface area (Å²) in [7, 11) is 1.55. The van der Waals surface area contributed by atoms with Crippen molar-refractivity contribution in [2.75, 3.05) is 23.9 Å². The summed E-state index contributed by atoms with van der Waals surface area (Å²) in [5.74, 6) is -0.0984. The topological polar surface area (TPSA) is 83.9 Å². The van der Waals surface area contributed by atoms with E-state index < -0.39 is 23.6 Å². The largest absolute Gasteiger partial charge is 0.497 e. The third-order valence-electron chi connectivity index (χ3n) is 5.12. The minimum atomic E-state index is -4.47. The molecule has 7 nitrogen and oxygen atoms in total. The number of carbonyl (C=O) groups excluding carboxylic acids is 2. The number of halogens is 3. The number of benzene rings is 2. The lowest BCUT2D eigenvalue weighted by atomic mass is 10.1. The molecule has 2 heterocycles. The number of amides is 2. The number of aliphatic imine (C=N–C) groups is 1. The number of hydrogen-bond donors (Lipinski definition) is 1. The highest BCUT2D eigenvalue weighted by Crippen LogP contribution is 2.32. The van der Waals surface area contributed by atoms with Crippen molar-refractivity contribution >= 4 is 34.7 Å². The van der Waals surface area contributed by atoms with Crippen molar-refractivity contribution < 1.29 is 27.5 Å². The number of pyridine rings is 1. The highest BCUT2D eigenvalue weighted by atomic mass is 19.4. The Bertz CT molecular complexity index is 1240. The predicted octanol–water partition coefficient (Wildman–Crippen LogP) is 4.61. The number of ether oxygens (including phenoxy) is 1. The lowest BCUT2D eigenvalue weighted by Gasteiger charge is -2.20. The van der Waals surface area contributed by atoms with Crippen LogP contribution in [0.5, 0.6) is 5.75 Å². The molecule has 1 N–H and O–H groups in total. The Balaban J connectivity index is 1.54. The van der Waals surface area contributed by atoms with E-state index >= 15 is 0 Å². The Morgan fingerprint density at radius 3 is 2.44 bits per heavy atom. The van der Waals surface area contributed by atoms with Crippen molar-refractivity contribution in [1.82, 2.24) is 4.98 Å². The average molecular weight is 468 g/mol. The van der Waals surface area contributed by atoms with Crippen molar-refractivity contribution in [3.05, 3.63) is 78.0 Å². The smallest absolute Gasteiger partial charge is 0.416 e. The molecule has 10 heteroatoms. The van der Waals surface area contributed by atoms with E-state index in [1.165, 1.54) is 11.1 Å². The van der Waals surface area contributed by atoms with Crippen LogP contribution in [-0.4, -0.2) is 36.2 Å². The zero-order chi connectivity index (χ0) is 24.3. The molecule has 0 fully saturated rings. The molecule has 0 saturated heterocycles. The van der Waals surface area contributed by atoms with E-state index in [0.717, 1.165) is 29.8 Å². The van der Waals surface area contributed by atoms with E-state index in [1.54, 1.807) is 43.5 Å². The van der Waals surface area contributed by atoms with Gasteiger partial charge in [0.15, 0.2) is 5.82 Å². The van der Waals surface area contributed by atoms with Crippen LogP contribution in [-0.2, 0) is 15.8 Å². The Kier molecular flexibility index (Phi) is 6.31. The van der Waals surface area contributed by atoms with Crippen LogP contribution in [0, 0.1) is 0 Å². The van der Waals surface area contributed by atoms with E-state index in [2.05, 4.69) is 15.3 Å². The van der Waals surface area contributed by atoms with Crippen molar-refractivity contribution in [3.8, 4) is 5.75 Å². The molecule has 2 aromatic carbocycles. The minimum Gasteiger partial charge on any atom is -0.497 e. The number of rotatable bonds is 5. The lowest BCUT2D eigenvalue weighted by Crippen LogP contribution is -2.39. The highest BCUT2D eigenvalue weighted by molar-refractivity contribution is 6.18. The van der Waals surface area contributed by atoms with Crippen LogP contribution in [0.1, 0.15) is 17.5 Å². The number of aromatic nitrogens is 1. The molecule has 0 saturated carbocycles. The minimum absolute atomic E-state index is 0.0732. The summed E-state index contributed by atoms with van der Waals surface area (Å²) in [6.45, 7) is -0.380. The van der Waals surface area contributed by atoms with Gasteiger partial charge in [-0.3, -0.25) is 14.5 Å². The number of nitrogens with zero attached hydrogens (tertiary/aromatic N) is 3. The second-order valence-electron chi connectivity index (χ2n) is 7.41. The van der Waals surface area contributed by atoms with Crippen molar-refractivity contribution in [3.63, 3.8) is 0 Å².